The molecule has 0 aliphatic carbocycles. The lowest BCUT2D eigenvalue weighted by molar-refractivity contribution is 0.0951. The normalized spacial score (nSPS) is 11.3. The molecule has 0 atom stereocenters. The Morgan fingerprint density at radius 2 is 1.71 bits per heavy atom. The summed E-state index contributed by atoms with van der Waals surface area (Å²) in [4.78, 5) is 12.4. The molecule has 31 heavy (non-hydrogen) atoms. The average Bonchev–Trinajstić information content (AvgIpc) is 2.74. The van der Waals surface area contributed by atoms with Crippen LogP contribution in [0.1, 0.15) is 47.8 Å². The topological polar surface area (TPSA) is 58.6 Å². The number of carbonyl (C=O) groups is 1. The molecule has 1 amide bonds. The van der Waals surface area contributed by atoms with E-state index in [2.05, 4.69) is 56.4 Å². The molecule has 3 rings (SSSR count). The highest BCUT2D eigenvalue weighted by Gasteiger charge is 2.15. The van der Waals surface area contributed by atoms with E-state index >= 15 is 0 Å². The highest BCUT2D eigenvalue weighted by atomic mass is 16.5. The minimum Gasteiger partial charge on any atom is -0.507 e. The van der Waals surface area contributed by atoms with Crippen LogP contribution in [-0.2, 0) is 11.8 Å². The summed E-state index contributed by atoms with van der Waals surface area (Å²) in [5.74, 6) is 0.544. The first-order valence-electron chi connectivity index (χ1n) is 10.5. The molecule has 0 aromatic heterocycles. The molecule has 0 saturated heterocycles. The number of hydrogen-bond donors (Lipinski definition) is 2. The number of aromatic hydroxyl groups is 1. The smallest absolute Gasteiger partial charge is 0.255 e. The van der Waals surface area contributed by atoms with Gasteiger partial charge in [-0.15, -0.1) is 0 Å². The summed E-state index contributed by atoms with van der Waals surface area (Å²) in [7, 11) is 1.68. The van der Waals surface area contributed by atoms with Crippen molar-refractivity contribution in [2.75, 3.05) is 13.7 Å². The highest BCUT2D eigenvalue weighted by Crippen LogP contribution is 2.33. The van der Waals surface area contributed by atoms with E-state index in [9.17, 15) is 9.90 Å². The van der Waals surface area contributed by atoms with E-state index in [1.807, 2.05) is 19.1 Å². The predicted molar refractivity (Wildman–Crippen MR) is 126 cm³/mol. The summed E-state index contributed by atoms with van der Waals surface area (Å²) in [6.45, 7) is 8.97. The number of methoxy groups -OCH3 is 1. The van der Waals surface area contributed by atoms with Crippen LogP contribution in [0.25, 0.3) is 11.1 Å². The maximum atomic E-state index is 12.4. The minimum absolute atomic E-state index is 0.00598. The lowest BCUT2D eigenvalue weighted by Gasteiger charge is -2.19. The van der Waals surface area contributed by atoms with Crippen molar-refractivity contribution >= 4 is 5.91 Å². The van der Waals surface area contributed by atoms with E-state index in [-0.39, 0.29) is 17.1 Å². The van der Waals surface area contributed by atoms with Gasteiger partial charge >= 0.3 is 0 Å². The largest absolute Gasteiger partial charge is 0.507 e. The van der Waals surface area contributed by atoms with Crippen molar-refractivity contribution in [1.82, 2.24) is 5.32 Å². The molecule has 4 nitrogen and oxygen atoms in total. The van der Waals surface area contributed by atoms with Crippen LogP contribution in [0.15, 0.2) is 60.7 Å². The number of carbonyl (C=O) groups excluding carboxylic acids is 1. The first-order chi connectivity index (χ1) is 14.7. The van der Waals surface area contributed by atoms with Gasteiger partial charge in [-0.25, -0.2) is 0 Å². The Labute approximate surface area is 184 Å². The van der Waals surface area contributed by atoms with Gasteiger partial charge in [0.1, 0.15) is 11.5 Å². The second-order valence-electron chi connectivity index (χ2n) is 8.89. The van der Waals surface area contributed by atoms with E-state index in [4.69, 9.17) is 4.74 Å². The predicted octanol–water partition coefficient (Wildman–Crippen LogP) is 5.65. The van der Waals surface area contributed by atoms with Gasteiger partial charge in [0, 0.05) is 12.1 Å². The van der Waals surface area contributed by atoms with Crippen molar-refractivity contribution in [3.05, 3.63) is 82.9 Å². The fourth-order valence-electron chi connectivity index (χ4n) is 3.53. The number of nitrogens with one attached hydrogen (secondary N) is 1. The molecule has 0 fully saturated rings. The lowest BCUT2D eigenvalue weighted by Crippen LogP contribution is -2.25. The summed E-state index contributed by atoms with van der Waals surface area (Å²) in [6, 6.07) is 19.7. The molecule has 0 bridgehead atoms. The zero-order valence-corrected chi connectivity index (χ0v) is 19.0. The maximum Gasteiger partial charge on any atom is 0.255 e. The standard InChI is InChI=1S/C27H31NO3/c1-18-6-12-24(29)23(16-18)26(30)28-15-14-19-7-13-25(31-5)22(17-19)20-8-10-21(11-9-20)27(2,3)4/h6-13,16-17,29H,14-15H2,1-5H3,(H,28,30). The Balaban J connectivity index is 1.73. The summed E-state index contributed by atoms with van der Waals surface area (Å²) in [6.07, 6.45) is 0.676. The fourth-order valence-corrected chi connectivity index (χ4v) is 3.53. The third-order valence-electron chi connectivity index (χ3n) is 5.42. The summed E-state index contributed by atoms with van der Waals surface area (Å²) < 4.78 is 5.58. The summed E-state index contributed by atoms with van der Waals surface area (Å²) in [5, 5.41) is 12.8. The number of aryl methyl sites for hydroxylation is 1. The molecule has 2 N–H and O–H groups in total. The summed E-state index contributed by atoms with van der Waals surface area (Å²) in [5.41, 5.74) is 5.85. The molecule has 3 aromatic rings. The van der Waals surface area contributed by atoms with Gasteiger partial charge in [-0.2, -0.15) is 0 Å². The van der Waals surface area contributed by atoms with E-state index in [1.165, 1.54) is 5.56 Å². The monoisotopic (exact) mass is 417 g/mol. The number of phenols is 1. The van der Waals surface area contributed by atoms with Gasteiger partial charge in [-0.05, 0) is 59.7 Å². The van der Waals surface area contributed by atoms with E-state index < -0.39 is 0 Å². The van der Waals surface area contributed by atoms with Crippen LogP contribution in [0.3, 0.4) is 0 Å². The second-order valence-corrected chi connectivity index (χ2v) is 8.89. The Kier molecular flexibility index (Phi) is 6.69. The zero-order valence-electron chi connectivity index (χ0n) is 19.0. The van der Waals surface area contributed by atoms with Crippen LogP contribution in [0, 0.1) is 6.92 Å². The number of rotatable bonds is 6. The van der Waals surface area contributed by atoms with E-state index in [1.54, 1.807) is 25.3 Å². The van der Waals surface area contributed by atoms with Crippen molar-refractivity contribution in [1.29, 1.82) is 0 Å². The Bertz CT molecular complexity index is 1060. The van der Waals surface area contributed by atoms with Gasteiger partial charge in [0.05, 0.1) is 12.7 Å². The van der Waals surface area contributed by atoms with Gasteiger partial charge < -0.3 is 15.2 Å². The van der Waals surface area contributed by atoms with Crippen LogP contribution >= 0.6 is 0 Å². The minimum atomic E-state index is -0.271. The zero-order chi connectivity index (χ0) is 22.6. The molecule has 4 heteroatoms. The van der Waals surface area contributed by atoms with Crippen molar-refractivity contribution in [3.63, 3.8) is 0 Å². The molecule has 0 heterocycles. The first kappa shape index (κ1) is 22.4. The van der Waals surface area contributed by atoms with Crippen LogP contribution in [0.2, 0.25) is 0 Å². The molecule has 0 aliphatic rings. The Morgan fingerprint density at radius 3 is 2.35 bits per heavy atom. The van der Waals surface area contributed by atoms with E-state index in [0.29, 0.717) is 18.5 Å². The molecular formula is C27H31NO3. The molecule has 162 valence electrons. The quantitative estimate of drug-likeness (QED) is 0.545. The van der Waals surface area contributed by atoms with Crippen LogP contribution < -0.4 is 10.1 Å². The fraction of sp³-hybridized carbons (Fsp3) is 0.296. The third-order valence-corrected chi connectivity index (χ3v) is 5.42. The molecular weight excluding hydrogens is 386 g/mol. The van der Waals surface area contributed by atoms with E-state index in [0.717, 1.165) is 28.0 Å². The SMILES string of the molecule is COc1ccc(CCNC(=O)c2cc(C)ccc2O)cc1-c1ccc(C(C)(C)C)cc1. The third kappa shape index (κ3) is 5.46. The number of benzene rings is 3. The Hall–Kier alpha value is -3.27. The first-order valence-corrected chi connectivity index (χ1v) is 10.5. The number of amides is 1. The second kappa shape index (κ2) is 9.25. The van der Waals surface area contributed by atoms with Gasteiger partial charge in [0.2, 0.25) is 0 Å². The molecule has 0 spiro atoms. The van der Waals surface area contributed by atoms with Crippen LogP contribution in [-0.4, -0.2) is 24.7 Å². The van der Waals surface area contributed by atoms with Gasteiger partial charge in [0.25, 0.3) is 5.91 Å². The van der Waals surface area contributed by atoms with Crippen molar-refractivity contribution < 1.29 is 14.6 Å². The number of hydrogen-bond acceptors (Lipinski definition) is 3. The number of ether oxygens (including phenoxy) is 1. The highest BCUT2D eigenvalue weighted by molar-refractivity contribution is 5.97. The molecule has 3 aromatic carbocycles. The molecule has 0 saturated carbocycles. The maximum absolute atomic E-state index is 12.4. The van der Waals surface area contributed by atoms with Crippen LogP contribution in [0.4, 0.5) is 0 Å². The molecule has 0 radical (unpaired) electrons. The van der Waals surface area contributed by atoms with Crippen LogP contribution in [0.5, 0.6) is 11.5 Å². The average molecular weight is 418 g/mol. The van der Waals surface area contributed by atoms with Crippen molar-refractivity contribution in [2.45, 2.75) is 39.5 Å². The van der Waals surface area contributed by atoms with Crippen molar-refractivity contribution in [2.24, 2.45) is 0 Å². The van der Waals surface area contributed by atoms with Gasteiger partial charge in [-0.3, -0.25) is 4.79 Å². The lowest BCUT2D eigenvalue weighted by atomic mass is 9.86. The van der Waals surface area contributed by atoms with Crippen molar-refractivity contribution in [3.8, 4) is 22.6 Å². The molecule has 0 unspecified atom stereocenters. The van der Waals surface area contributed by atoms with Gasteiger partial charge in [-0.1, -0.05) is 62.7 Å². The molecule has 0 aliphatic heterocycles. The summed E-state index contributed by atoms with van der Waals surface area (Å²) >= 11 is 0. The Morgan fingerprint density at radius 1 is 1.00 bits per heavy atom. The number of phenolic OH excluding ortho intramolecular Hbond substituents is 1. The van der Waals surface area contributed by atoms with Gasteiger partial charge in [0.15, 0.2) is 0 Å².